The van der Waals surface area contributed by atoms with E-state index in [1.165, 1.54) is 37.1 Å². The summed E-state index contributed by atoms with van der Waals surface area (Å²) >= 11 is 0. The van der Waals surface area contributed by atoms with Crippen molar-refractivity contribution in [2.45, 2.75) is 57.5 Å². The summed E-state index contributed by atoms with van der Waals surface area (Å²) in [5.74, 6) is -0.611. The van der Waals surface area contributed by atoms with Gasteiger partial charge >= 0.3 is 18.4 Å². The predicted octanol–water partition coefficient (Wildman–Crippen LogP) is 7.40. The van der Waals surface area contributed by atoms with E-state index >= 15 is 0 Å². The minimum Gasteiger partial charge on any atom is -0.321 e. The van der Waals surface area contributed by atoms with Crippen LogP contribution in [-0.4, -0.2) is 40.9 Å². The Balaban J connectivity index is 1.95. The number of rotatable bonds is 6. The number of hydrogen-bond acceptors (Lipinski definition) is 3. The van der Waals surface area contributed by atoms with Crippen LogP contribution in [0.5, 0.6) is 0 Å². The Morgan fingerprint density at radius 3 is 2.21 bits per heavy atom. The Hall–Kier alpha value is -3.38. The summed E-state index contributed by atoms with van der Waals surface area (Å²) in [6, 6.07) is 2.80. The lowest BCUT2D eigenvalue weighted by atomic mass is 9.84. The van der Waals surface area contributed by atoms with E-state index in [1.807, 2.05) is 0 Å². The number of hydrogen-bond donors (Lipinski definition) is 0. The number of nitrogens with zero attached hydrogens (tertiary/aromatic N) is 3. The van der Waals surface area contributed by atoms with Crippen molar-refractivity contribution in [2.24, 2.45) is 5.92 Å². The number of alkyl halides is 6. The van der Waals surface area contributed by atoms with Gasteiger partial charge in [-0.05, 0) is 79.6 Å². The molecule has 0 N–H and O–H groups in total. The second kappa shape index (κ2) is 11.4. The first-order valence-electron chi connectivity index (χ1n) is 12.2. The molecule has 2 amide bonds. The van der Waals surface area contributed by atoms with Gasteiger partial charge < -0.3 is 9.80 Å². The van der Waals surface area contributed by atoms with Crippen LogP contribution in [0.2, 0.25) is 0 Å². The van der Waals surface area contributed by atoms with Gasteiger partial charge in [-0.2, -0.15) is 26.3 Å². The van der Waals surface area contributed by atoms with Crippen LogP contribution in [0, 0.1) is 28.8 Å². The van der Waals surface area contributed by atoms with Gasteiger partial charge in [0.1, 0.15) is 5.82 Å². The van der Waals surface area contributed by atoms with Crippen molar-refractivity contribution < 1.29 is 40.5 Å². The third-order valence-electron chi connectivity index (χ3n) is 7.24. The topological polar surface area (TPSA) is 66.7 Å². The van der Waals surface area contributed by atoms with Crippen LogP contribution in [0.4, 0.5) is 35.5 Å². The zero-order valence-corrected chi connectivity index (χ0v) is 21.4. The SMILES string of the molecule is Cc1cc(F)ccc1[C@H]1CC(CC[N+](=O)[O-])CCN1C(=O)N(C)[C@H](C)c1cc(C(F)(F)F)cc(C(F)(F)F)c1. The molecule has 2 aromatic carbocycles. The molecule has 13 heteroatoms. The van der Waals surface area contributed by atoms with Gasteiger partial charge in [0, 0.05) is 24.9 Å². The standard InChI is InChI=1S/C26H28F7N3O3/c1-15-10-21(27)4-5-22(15)23-11-17(7-9-36(38)39)6-8-35(23)24(37)34(3)16(2)18-12-19(25(28,29)30)14-20(13-18)26(31,32)33/h4-5,10,12-14,16-17,23H,6-9,11H2,1-3H3/t16-,17?,23-/m1/s1. The van der Waals surface area contributed by atoms with E-state index in [4.69, 9.17) is 0 Å². The number of likely N-dealkylation sites (tertiary alicyclic amines) is 1. The van der Waals surface area contributed by atoms with Crippen molar-refractivity contribution in [1.82, 2.24) is 9.80 Å². The first-order chi connectivity index (χ1) is 18.0. The highest BCUT2D eigenvalue weighted by molar-refractivity contribution is 5.75. The van der Waals surface area contributed by atoms with E-state index in [2.05, 4.69) is 0 Å². The molecule has 0 bridgehead atoms. The van der Waals surface area contributed by atoms with Crippen molar-refractivity contribution in [3.05, 3.63) is 80.1 Å². The largest absolute Gasteiger partial charge is 0.416 e. The second-order valence-electron chi connectivity index (χ2n) is 9.85. The van der Waals surface area contributed by atoms with Gasteiger partial charge in [-0.3, -0.25) is 10.1 Å². The normalized spacial score (nSPS) is 19.1. The minimum absolute atomic E-state index is 0.0289. The van der Waals surface area contributed by atoms with Crippen LogP contribution in [0.1, 0.15) is 66.1 Å². The molecule has 0 aliphatic carbocycles. The highest BCUT2D eigenvalue weighted by Gasteiger charge is 2.39. The molecule has 0 spiro atoms. The molecule has 1 saturated heterocycles. The van der Waals surface area contributed by atoms with Crippen molar-refractivity contribution >= 4 is 6.03 Å². The molecule has 1 aliphatic rings. The summed E-state index contributed by atoms with van der Waals surface area (Å²) in [5.41, 5.74) is -2.16. The first kappa shape index (κ1) is 30.2. The predicted molar refractivity (Wildman–Crippen MR) is 128 cm³/mol. The molecule has 0 saturated carbocycles. The molecule has 214 valence electrons. The highest BCUT2D eigenvalue weighted by atomic mass is 19.4. The number of piperidine rings is 1. The molecule has 3 rings (SSSR count). The summed E-state index contributed by atoms with van der Waals surface area (Å²) in [6.07, 6.45) is -9.05. The number of carbonyl (C=O) groups excluding carboxylic acids is 1. The molecule has 6 nitrogen and oxygen atoms in total. The fraction of sp³-hybridized carbons (Fsp3) is 0.500. The number of halogens is 7. The van der Waals surface area contributed by atoms with Crippen LogP contribution < -0.4 is 0 Å². The third-order valence-corrected chi connectivity index (χ3v) is 7.24. The molecular weight excluding hydrogens is 535 g/mol. The van der Waals surface area contributed by atoms with Crippen LogP contribution in [0.25, 0.3) is 0 Å². The average molecular weight is 564 g/mol. The molecular formula is C26H28F7N3O3. The van der Waals surface area contributed by atoms with Gasteiger partial charge in [0.05, 0.1) is 23.2 Å². The van der Waals surface area contributed by atoms with Gasteiger partial charge in [0.15, 0.2) is 0 Å². The highest BCUT2D eigenvalue weighted by Crippen LogP contribution is 2.40. The van der Waals surface area contributed by atoms with E-state index in [0.29, 0.717) is 36.1 Å². The molecule has 1 aliphatic heterocycles. The van der Waals surface area contributed by atoms with Gasteiger partial charge in [-0.1, -0.05) is 6.07 Å². The molecule has 2 aromatic rings. The lowest BCUT2D eigenvalue weighted by molar-refractivity contribution is -0.481. The number of aryl methyl sites for hydroxylation is 1. The van der Waals surface area contributed by atoms with Crippen molar-refractivity contribution in [3.8, 4) is 0 Å². The summed E-state index contributed by atoms with van der Waals surface area (Å²) in [7, 11) is 1.29. The monoisotopic (exact) mass is 563 g/mol. The molecule has 0 radical (unpaired) electrons. The Morgan fingerprint density at radius 2 is 1.69 bits per heavy atom. The van der Waals surface area contributed by atoms with Crippen molar-refractivity contribution in [2.75, 3.05) is 20.1 Å². The molecule has 3 atom stereocenters. The molecule has 39 heavy (non-hydrogen) atoms. The third kappa shape index (κ3) is 7.18. The molecule has 0 aromatic heterocycles. The summed E-state index contributed by atoms with van der Waals surface area (Å²) < 4.78 is 94.1. The maximum Gasteiger partial charge on any atom is 0.416 e. The Bertz CT molecular complexity index is 1180. The maximum absolute atomic E-state index is 13.8. The number of amides is 2. The van der Waals surface area contributed by atoms with Gasteiger partial charge in [0.25, 0.3) is 0 Å². The van der Waals surface area contributed by atoms with Gasteiger partial charge in [-0.25, -0.2) is 9.18 Å². The van der Waals surface area contributed by atoms with E-state index in [-0.39, 0.29) is 37.1 Å². The molecule has 1 fully saturated rings. The Labute approximate surface area is 220 Å². The molecule has 1 heterocycles. The zero-order chi connectivity index (χ0) is 29.3. The lowest BCUT2D eigenvalue weighted by Crippen LogP contribution is -2.48. The number of carbonyl (C=O) groups is 1. The van der Waals surface area contributed by atoms with Gasteiger partial charge in [-0.15, -0.1) is 0 Å². The number of urea groups is 1. The Morgan fingerprint density at radius 1 is 1.10 bits per heavy atom. The second-order valence-corrected chi connectivity index (χ2v) is 9.85. The van der Waals surface area contributed by atoms with E-state index in [1.54, 1.807) is 6.92 Å². The van der Waals surface area contributed by atoms with Gasteiger partial charge in [0.2, 0.25) is 6.54 Å². The summed E-state index contributed by atoms with van der Waals surface area (Å²) in [5, 5.41) is 10.9. The lowest BCUT2D eigenvalue weighted by Gasteiger charge is -2.43. The van der Waals surface area contributed by atoms with Crippen LogP contribution in [-0.2, 0) is 12.4 Å². The maximum atomic E-state index is 13.8. The Kier molecular flexibility index (Phi) is 8.81. The molecule has 1 unspecified atom stereocenters. The quantitative estimate of drug-likeness (QED) is 0.209. The summed E-state index contributed by atoms with van der Waals surface area (Å²) in [4.78, 5) is 26.6. The fourth-order valence-electron chi connectivity index (χ4n) is 4.94. The van der Waals surface area contributed by atoms with E-state index in [0.717, 1.165) is 4.90 Å². The van der Waals surface area contributed by atoms with Crippen LogP contribution in [0.15, 0.2) is 36.4 Å². The minimum atomic E-state index is -5.03. The van der Waals surface area contributed by atoms with E-state index in [9.17, 15) is 45.6 Å². The first-order valence-corrected chi connectivity index (χ1v) is 12.2. The number of nitro groups is 1. The average Bonchev–Trinajstić information content (AvgIpc) is 2.84. The summed E-state index contributed by atoms with van der Waals surface area (Å²) in [6.45, 7) is 2.86. The van der Waals surface area contributed by atoms with E-state index < -0.39 is 52.3 Å². The smallest absolute Gasteiger partial charge is 0.321 e. The van der Waals surface area contributed by atoms with Crippen molar-refractivity contribution in [1.29, 1.82) is 0 Å². The number of benzene rings is 2. The van der Waals surface area contributed by atoms with Crippen LogP contribution >= 0.6 is 0 Å². The zero-order valence-electron chi connectivity index (χ0n) is 21.4. The van der Waals surface area contributed by atoms with Crippen molar-refractivity contribution in [3.63, 3.8) is 0 Å². The van der Waals surface area contributed by atoms with Crippen LogP contribution in [0.3, 0.4) is 0 Å². The fourth-order valence-corrected chi connectivity index (χ4v) is 4.94.